The first kappa shape index (κ1) is 20.2. The Labute approximate surface area is 179 Å². The van der Waals surface area contributed by atoms with Gasteiger partial charge in [-0.25, -0.2) is 0 Å². The molecule has 8 heteroatoms. The molecule has 0 radical (unpaired) electrons. The van der Waals surface area contributed by atoms with E-state index in [1.165, 1.54) is 6.20 Å². The molecule has 2 heterocycles. The van der Waals surface area contributed by atoms with Crippen LogP contribution in [0, 0.1) is 0 Å². The Morgan fingerprint density at radius 2 is 1.94 bits per heavy atom. The average molecular weight is 418 g/mol. The first-order chi connectivity index (χ1) is 15.2. The van der Waals surface area contributed by atoms with Crippen molar-refractivity contribution in [1.82, 2.24) is 15.3 Å². The molecule has 0 aliphatic rings. The minimum absolute atomic E-state index is 0.277. The maximum Gasteiger partial charge on any atom is 0.295 e. The fraction of sp³-hybridized carbons (Fsp3) is 0.174. The molecule has 8 nitrogen and oxygen atoms in total. The first-order valence-electron chi connectivity index (χ1n) is 9.87. The largest absolute Gasteiger partial charge is 0.494 e. The molecule has 0 unspecified atom stereocenters. The molecular weight excluding hydrogens is 396 g/mol. The molecule has 0 bridgehead atoms. The second-order valence-electron chi connectivity index (χ2n) is 6.60. The number of hydrogen-bond donors (Lipinski definition) is 2. The van der Waals surface area contributed by atoms with Crippen LogP contribution in [0.1, 0.15) is 23.0 Å². The molecule has 4 aromatic rings. The average Bonchev–Trinajstić information content (AvgIpc) is 3.20. The number of ether oxygens (including phenoxy) is 2. The van der Waals surface area contributed by atoms with E-state index in [4.69, 9.17) is 13.9 Å². The minimum atomic E-state index is -0.280. The smallest absolute Gasteiger partial charge is 0.295 e. The van der Waals surface area contributed by atoms with Crippen LogP contribution in [0.5, 0.6) is 17.2 Å². The van der Waals surface area contributed by atoms with Crippen molar-refractivity contribution in [3.05, 3.63) is 72.1 Å². The summed E-state index contributed by atoms with van der Waals surface area (Å²) < 4.78 is 17.3. The number of amides is 1. The van der Waals surface area contributed by atoms with E-state index in [0.717, 1.165) is 11.3 Å². The number of rotatable bonds is 8. The van der Waals surface area contributed by atoms with Crippen LogP contribution in [0.3, 0.4) is 0 Å². The Balaban J connectivity index is 1.48. The van der Waals surface area contributed by atoms with E-state index in [-0.39, 0.29) is 11.6 Å². The Hall–Kier alpha value is -4.07. The standard InChI is InChI=1S/C23H22N4O4/c1-3-29-20-7-5-4-6-15(20)14-26-23-27-18-9-8-16(13-21(18)31-23)30-17-10-11-25-19(12-17)22(28)24-2/h4-13H,3,14H2,1-2H3,(H,24,28)(H,26,27). The number of carbonyl (C=O) groups excluding carboxylic acids is 1. The summed E-state index contributed by atoms with van der Waals surface area (Å²) in [6.45, 7) is 3.08. The molecule has 2 N–H and O–H groups in total. The van der Waals surface area contributed by atoms with Crippen molar-refractivity contribution in [2.75, 3.05) is 19.0 Å². The number of para-hydroxylation sites is 1. The third kappa shape index (κ3) is 4.75. The lowest BCUT2D eigenvalue weighted by atomic mass is 10.2. The summed E-state index contributed by atoms with van der Waals surface area (Å²) in [5.74, 6) is 1.61. The number of nitrogens with zero attached hydrogens (tertiary/aromatic N) is 2. The van der Waals surface area contributed by atoms with Gasteiger partial charge in [0.1, 0.15) is 28.5 Å². The molecular formula is C23H22N4O4. The van der Waals surface area contributed by atoms with E-state index >= 15 is 0 Å². The number of carbonyl (C=O) groups is 1. The number of anilines is 1. The summed E-state index contributed by atoms with van der Waals surface area (Å²) in [6.07, 6.45) is 1.52. The van der Waals surface area contributed by atoms with Crippen molar-refractivity contribution in [3.8, 4) is 17.2 Å². The van der Waals surface area contributed by atoms with Crippen molar-refractivity contribution < 1.29 is 18.7 Å². The first-order valence-corrected chi connectivity index (χ1v) is 9.87. The number of fused-ring (bicyclic) bond motifs is 1. The minimum Gasteiger partial charge on any atom is -0.494 e. The summed E-state index contributed by atoms with van der Waals surface area (Å²) in [5, 5.41) is 5.73. The molecule has 0 saturated heterocycles. The zero-order valence-corrected chi connectivity index (χ0v) is 17.2. The van der Waals surface area contributed by atoms with E-state index in [2.05, 4.69) is 20.6 Å². The van der Waals surface area contributed by atoms with Gasteiger partial charge < -0.3 is 24.5 Å². The van der Waals surface area contributed by atoms with Crippen LogP contribution >= 0.6 is 0 Å². The van der Waals surface area contributed by atoms with Crippen molar-refractivity contribution in [2.24, 2.45) is 0 Å². The highest BCUT2D eigenvalue weighted by Crippen LogP contribution is 2.28. The SMILES string of the molecule is CCOc1ccccc1CNc1nc2ccc(Oc3ccnc(C(=O)NC)c3)cc2o1. The van der Waals surface area contributed by atoms with E-state index in [9.17, 15) is 4.79 Å². The van der Waals surface area contributed by atoms with Crippen molar-refractivity contribution in [1.29, 1.82) is 0 Å². The maximum atomic E-state index is 11.7. The predicted octanol–water partition coefficient (Wildman–Crippen LogP) is 4.39. The Kier molecular flexibility index (Phi) is 5.98. The highest BCUT2D eigenvalue weighted by Gasteiger charge is 2.10. The van der Waals surface area contributed by atoms with Crippen molar-refractivity contribution in [2.45, 2.75) is 13.5 Å². The van der Waals surface area contributed by atoms with Crippen LogP contribution in [-0.2, 0) is 6.54 Å². The van der Waals surface area contributed by atoms with Gasteiger partial charge in [-0.05, 0) is 31.2 Å². The Morgan fingerprint density at radius 1 is 1.10 bits per heavy atom. The van der Waals surface area contributed by atoms with Crippen LogP contribution in [0.25, 0.3) is 11.1 Å². The molecule has 0 aliphatic heterocycles. The van der Waals surface area contributed by atoms with Gasteiger partial charge in [-0.3, -0.25) is 9.78 Å². The third-order valence-corrected chi connectivity index (χ3v) is 4.49. The number of oxazole rings is 1. The monoisotopic (exact) mass is 418 g/mol. The number of aromatic nitrogens is 2. The molecule has 31 heavy (non-hydrogen) atoms. The van der Waals surface area contributed by atoms with Gasteiger partial charge in [-0.2, -0.15) is 4.98 Å². The van der Waals surface area contributed by atoms with Gasteiger partial charge in [0.15, 0.2) is 5.58 Å². The summed E-state index contributed by atoms with van der Waals surface area (Å²) in [5.41, 5.74) is 2.58. The second-order valence-corrected chi connectivity index (χ2v) is 6.60. The fourth-order valence-corrected chi connectivity index (χ4v) is 3.02. The molecule has 1 amide bonds. The molecule has 0 atom stereocenters. The van der Waals surface area contributed by atoms with Crippen molar-refractivity contribution in [3.63, 3.8) is 0 Å². The van der Waals surface area contributed by atoms with Crippen LogP contribution < -0.4 is 20.1 Å². The zero-order chi connectivity index (χ0) is 21.6. The van der Waals surface area contributed by atoms with Crippen molar-refractivity contribution >= 4 is 23.0 Å². The van der Waals surface area contributed by atoms with Gasteiger partial charge in [0, 0.05) is 37.5 Å². The number of nitrogens with one attached hydrogen (secondary N) is 2. The molecule has 2 aromatic heterocycles. The summed E-state index contributed by atoms with van der Waals surface area (Å²) in [7, 11) is 1.55. The number of benzene rings is 2. The highest BCUT2D eigenvalue weighted by atomic mass is 16.5. The van der Waals surface area contributed by atoms with Gasteiger partial charge in [0.05, 0.1) is 6.61 Å². The Morgan fingerprint density at radius 3 is 2.77 bits per heavy atom. The zero-order valence-electron chi connectivity index (χ0n) is 17.2. The molecule has 0 saturated carbocycles. The van der Waals surface area contributed by atoms with E-state index in [1.807, 2.05) is 37.3 Å². The highest BCUT2D eigenvalue weighted by molar-refractivity contribution is 5.92. The summed E-state index contributed by atoms with van der Waals surface area (Å²) >= 11 is 0. The maximum absolute atomic E-state index is 11.7. The van der Waals surface area contributed by atoms with Gasteiger partial charge in [0.25, 0.3) is 11.9 Å². The van der Waals surface area contributed by atoms with Gasteiger partial charge >= 0.3 is 0 Å². The third-order valence-electron chi connectivity index (χ3n) is 4.49. The Bertz CT molecular complexity index is 1210. The van der Waals surface area contributed by atoms with E-state index in [0.29, 0.717) is 41.8 Å². The lowest BCUT2D eigenvalue weighted by Crippen LogP contribution is -2.18. The lowest BCUT2D eigenvalue weighted by Gasteiger charge is -2.09. The van der Waals surface area contributed by atoms with Crippen LogP contribution in [0.15, 0.2) is 65.2 Å². The second kappa shape index (κ2) is 9.17. The normalized spacial score (nSPS) is 10.6. The van der Waals surface area contributed by atoms with Crippen LogP contribution in [0.2, 0.25) is 0 Å². The molecule has 158 valence electrons. The fourth-order valence-electron chi connectivity index (χ4n) is 3.02. The predicted molar refractivity (Wildman–Crippen MR) is 117 cm³/mol. The number of hydrogen-bond acceptors (Lipinski definition) is 7. The topological polar surface area (TPSA) is 98.5 Å². The van der Waals surface area contributed by atoms with E-state index in [1.54, 1.807) is 31.3 Å². The lowest BCUT2D eigenvalue weighted by molar-refractivity contribution is 0.0958. The molecule has 0 fully saturated rings. The quantitative estimate of drug-likeness (QED) is 0.438. The molecule has 0 aliphatic carbocycles. The number of pyridine rings is 1. The molecule has 0 spiro atoms. The van der Waals surface area contributed by atoms with Crippen LogP contribution in [0.4, 0.5) is 6.01 Å². The van der Waals surface area contributed by atoms with Gasteiger partial charge in [-0.1, -0.05) is 18.2 Å². The van der Waals surface area contributed by atoms with E-state index < -0.39 is 0 Å². The molecule has 2 aromatic carbocycles. The summed E-state index contributed by atoms with van der Waals surface area (Å²) in [4.78, 5) is 20.2. The van der Waals surface area contributed by atoms with Crippen LogP contribution in [-0.4, -0.2) is 29.5 Å². The summed E-state index contributed by atoms with van der Waals surface area (Å²) in [6, 6.07) is 16.9. The van der Waals surface area contributed by atoms with Gasteiger partial charge in [0.2, 0.25) is 0 Å². The molecule has 4 rings (SSSR count). The van der Waals surface area contributed by atoms with Gasteiger partial charge in [-0.15, -0.1) is 0 Å².